The number of ether oxygens (including phenoxy) is 3. The van der Waals surface area contributed by atoms with Gasteiger partial charge in [-0.25, -0.2) is 14.2 Å². The van der Waals surface area contributed by atoms with Crippen molar-refractivity contribution in [3.8, 4) is 5.88 Å². The minimum Gasteiger partial charge on any atom is -0.453 e. The number of rotatable bonds is 5. The zero-order valence-electron chi connectivity index (χ0n) is 18.8. The summed E-state index contributed by atoms with van der Waals surface area (Å²) in [4.78, 5) is 22.1. The lowest BCUT2D eigenvalue weighted by Crippen LogP contribution is -2.55. The molecule has 11 heteroatoms. The summed E-state index contributed by atoms with van der Waals surface area (Å²) in [6.07, 6.45) is 2.70. The number of nitrogens with zero attached hydrogens (tertiary/aromatic N) is 3. The van der Waals surface area contributed by atoms with Gasteiger partial charge in [-0.15, -0.1) is 0 Å². The predicted molar refractivity (Wildman–Crippen MR) is 117 cm³/mol. The van der Waals surface area contributed by atoms with Crippen molar-refractivity contribution in [2.45, 2.75) is 37.5 Å². The number of hydrogen-bond donors (Lipinski definition) is 2. The van der Waals surface area contributed by atoms with Gasteiger partial charge in [0, 0.05) is 31.3 Å². The van der Waals surface area contributed by atoms with E-state index in [1.807, 2.05) is 6.92 Å². The first kappa shape index (κ1) is 22.7. The number of halogens is 2. The predicted octanol–water partition coefficient (Wildman–Crippen LogP) is 3.19. The highest BCUT2D eigenvalue weighted by molar-refractivity contribution is 5.69. The van der Waals surface area contributed by atoms with Crippen LogP contribution in [0.1, 0.15) is 26.2 Å². The molecule has 1 amide bonds. The average Bonchev–Trinajstić information content (AvgIpc) is 3.40. The summed E-state index contributed by atoms with van der Waals surface area (Å²) in [6.45, 7) is 3.34. The summed E-state index contributed by atoms with van der Waals surface area (Å²) < 4.78 is 46.5. The Kier molecular flexibility index (Phi) is 5.76. The number of benzene rings is 1. The van der Waals surface area contributed by atoms with Gasteiger partial charge in [-0.3, -0.25) is 5.73 Å². The van der Waals surface area contributed by atoms with Crippen LogP contribution in [0.15, 0.2) is 30.6 Å². The normalized spacial score (nSPS) is 27.5. The SMILES string of the molecule is CC1(OC(=O)N2CC3COCC[C@](N)(Oc4ncnc(Nc5ccccc5F)c4F)C3C2)CC1. The fourth-order valence-corrected chi connectivity index (χ4v) is 4.46. The molecule has 5 rings (SSSR count). The number of nitrogens with two attached hydrogens (primary N) is 1. The second-order valence-electron chi connectivity index (χ2n) is 9.42. The maximum Gasteiger partial charge on any atom is 0.410 e. The van der Waals surface area contributed by atoms with E-state index in [1.165, 1.54) is 18.2 Å². The molecule has 2 unspecified atom stereocenters. The van der Waals surface area contributed by atoms with Gasteiger partial charge in [-0.05, 0) is 31.9 Å². The summed E-state index contributed by atoms with van der Waals surface area (Å²) in [5, 5.41) is 2.62. The topological polar surface area (TPSA) is 112 Å². The number of likely N-dealkylation sites (tertiary alicyclic amines) is 1. The molecule has 0 radical (unpaired) electrons. The van der Waals surface area contributed by atoms with Crippen LogP contribution in [0.25, 0.3) is 0 Å². The fourth-order valence-electron chi connectivity index (χ4n) is 4.46. The van der Waals surface area contributed by atoms with E-state index in [4.69, 9.17) is 19.9 Å². The monoisotopic (exact) mass is 475 g/mol. The third-order valence-electron chi connectivity index (χ3n) is 6.75. The number of para-hydroxylation sites is 1. The van der Waals surface area contributed by atoms with Gasteiger partial charge in [0.15, 0.2) is 11.5 Å². The van der Waals surface area contributed by atoms with Crippen LogP contribution in [-0.4, -0.2) is 58.6 Å². The zero-order chi connectivity index (χ0) is 23.9. The maximum absolute atomic E-state index is 15.3. The Morgan fingerprint density at radius 2 is 2.03 bits per heavy atom. The Morgan fingerprint density at radius 3 is 2.79 bits per heavy atom. The molecular formula is C23H27F2N5O4. The van der Waals surface area contributed by atoms with Crippen LogP contribution in [0.2, 0.25) is 0 Å². The number of anilines is 2. The molecule has 3 N–H and O–H groups in total. The van der Waals surface area contributed by atoms with E-state index in [9.17, 15) is 9.18 Å². The highest BCUT2D eigenvalue weighted by atomic mass is 19.1. The molecule has 0 bridgehead atoms. The molecule has 2 saturated heterocycles. The molecule has 3 fully saturated rings. The van der Waals surface area contributed by atoms with Crippen molar-refractivity contribution in [2.24, 2.45) is 17.6 Å². The average molecular weight is 475 g/mol. The van der Waals surface area contributed by atoms with Crippen molar-refractivity contribution in [3.05, 3.63) is 42.2 Å². The minimum absolute atomic E-state index is 0.0609. The van der Waals surface area contributed by atoms with Crippen LogP contribution >= 0.6 is 0 Å². The maximum atomic E-state index is 15.3. The number of fused-ring (bicyclic) bond motifs is 1. The highest BCUT2D eigenvalue weighted by Crippen LogP contribution is 2.42. The molecule has 2 aliphatic heterocycles. The summed E-state index contributed by atoms with van der Waals surface area (Å²) in [6, 6.07) is 5.85. The minimum atomic E-state index is -1.34. The number of carbonyl (C=O) groups excluding carboxylic acids is 1. The van der Waals surface area contributed by atoms with Crippen molar-refractivity contribution in [1.29, 1.82) is 0 Å². The van der Waals surface area contributed by atoms with Crippen LogP contribution in [0, 0.1) is 23.5 Å². The standard InChI is InChI=1S/C23H27F2N5O4/c1-22(6-7-22)34-21(31)30-10-14-12-32-9-8-23(26,15(14)11-30)33-20-18(25)19(27-13-28-20)29-17-5-3-2-4-16(17)24/h2-5,13-15H,6-12,26H2,1H3,(H,27,28,29)/t14?,15?,23-/m0/s1. The van der Waals surface area contributed by atoms with Gasteiger partial charge in [0.1, 0.15) is 17.7 Å². The number of nitrogens with one attached hydrogen (secondary N) is 1. The van der Waals surface area contributed by atoms with Crippen LogP contribution < -0.4 is 15.8 Å². The Bertz CT molecular complexity index is 1090. The van der Waals surface area contributed by atoms with E-state index in [-0.39, 0.29) is 47.3 Å². The van der Waals surface area contributed by atoms with E-state index in [1.54, 1.807) is 11.0 Å². The quantitative estimate of drug-likeness (QED) is 0.635. The first-order valence-electron chi connectivity index (χ1n) is 11.3. The highest BCUT2D eigenvalue weighted by Gasteiger charge is 2.52. The molecule has 2 aromatic rings. The van der Waals surface area contributed by atoms with E-state index in [0.29, 0.717) is 26.3 Å². The van der Waals surface area contributed by atoms with Gasteiger partial charge in [-0.1, -0.05) is 12.1 Å². The first-order valence-corrected chi connectivity index (χ1v) is 11.3. The van der Waals surface area contributed by atoms with E-state index in [0.717, 1.165) is 19.2 Å². The second kappa shape index (κ2) is 8.62. The molecule has 1 aliphatic carbocycles. The van der Waals surface area contributed by atoms with E-state index < -0.39 is 17.4 Å². The number of aromatic nitrogens is 2. The largest absolute Gasteiger partial charge is 0.453 e. The third-order valence-corrected chi connectivity index (χ3v) is 6.75. The Balaban J connectivity index is 1.35. The zero-order valence-corrected chi connectivity index (χ0v) is 18.8. The number of amides is 1. The summed E-state index contributed by atoms with van der Waals surface area (Å²) in [5.41, 5.74) is 5.01. The third kappa shape index (κ3) is 4.49. The molecule has 1 saturated carbocycles. The molecule has 3 aliphatic rings. The molecule has 0 spiro atoms. The lowest BCUT2D eigenvalue weighted by Gasteiger charge is -2.35. The Labute approximate surface area is 195 Å². The molecule has 182 valence electrons. The van der Waals surface area contributed by atoms with Crippen molar-refractivity contribution < 1.29 is 27.8 Å². The molecule has 1 aromatic heterocycles. The van der Waals surface area contributed by atoms with Crippen LogP contribution in [0.4, 0.5) is 25.1 Å². The molecule has 3 atom stereocenters. The van der Waals surface area contributed by atoms with Gasteiger partial charge < -0.3 is 24.4 Å². The molecule has 34 heavy (non-hydrogen) atoms. The molecule has 9 nitrogen and oxygen atoms in total. The van der Waals surface area contributed by atoms with Crippen molar-refractivity contribution in [1.82, 2.24) is 14.9 Å². The van der Waals surface area contributed by atoms with E-state index >= 15 is 4.39 Å². The van der Waals surface area contributed by atoms with Crippen molar-refractivity contribution in [2.75, 3.05) is 31.6 Å². The summed E-state index contributed by atoms with van der Waals surface area (Å²) in [5.74, 6) is -2.48. The first-order chi connectivity index (χ1) is 16.3. The number of carbonyl (C=O) groups is 1. The van der Waals surface area contributed by atoms with Crippen LogP contribution in [0.5, 0.6) is 5.88 Å². The smallest absolute Gasteiger partial charge is 0.410 e. The summed E-state index contributed by atoms with van der Waals surface area (Å²) >= 11 is 0. The van der Waals surface area contributed by atoms with Gasteiger partial charge in [-0.2, -0.15) is 9.37 Å². The van der Waals surface area contributed by atoms with Crippen LogP contribution in [-0.2, 0) is 9.47 Å². The Hall–Kier alpha value is -3.05. The molecule has 1 aromatic carbocycles. The Morgan fingerprint density at radius 1 is 1.24 bits per heavy atom. The van der Waals surface area contributed by atoms with Gasteiger partial charge in [0.05, 0.1) is 18.9 Å². The molecular weight excluding hydrogens is 448 g/mol. The van der Waals surface area contributed by atoms with Crippen molar-refractivity contribution in [3.63, 3.8) is 0 Å². The van der Waals surface area contributed by atoms with Gasteiger partial charge in [0.25, 0.3) is 5.88 Å². The fraction of sp³-hybridized carbons (Fsp3) is 0.522. The molecule has 3 heterocycles. The number of hydrogen-bond acceptors (Lipinski definition) is 8. The van der Waals surface area contributed by atoms with Crippen LogP contribution in [0.3, 0.4) is 0 Å². The van der Waals surface area contributed by atoms with Gasteiger partial charge >= 0.3 is 6.09 Å². The lowest BCUT2D eigenvalue weighted by atomic mass is 9.86. The van der Waals surface area contributed by atoms with Crippen molar-refractivity contribution >= 4 is 17.6 Å². The lowest BCUT2D eigenvalue weighted by molar-refractivity contribution is -0.00677. The van der Waals surface area contributed by atoms with Gasteiger partial charge in [0.2, 0.25) is 5.82 Å². The van der Waals surface area contributed by atoms with E-state index in [2.05, 4.69) is 15.3 Å². The summed E-state index contributed by atoms with van der Waals surface area (Å²) in [7, 11) is 0. The second-order valence-corrected chi connectivity index (χ2v) is 9.42.